The molecule has 1 heterocycles. The first-order valence-corrected chi connectivity index (χ1v) is 9.46. The third-order valence-corrected chi connectivity index (χ3v) is 5.67. The first-order chi connectivity index (χ1) is 12.1. The van der Waals surface area contributed by atoms with Crippen molar-refractivity contribution < 1.29 is 9.53 Å². The van der Waals surface area contributed by atoms with Crippen molar-refractivity contribution in [2.45, 2.75) is 32.2 Å². The van der Waals surface area contributed by atoms with Gasteiger partial charge in [-0.05, 0) is 57.1 Å². The number of carbonyl (C=O) groups excluding carboxylic acids is 1. The molecule has 1 aliphatic heterocycles. The highest BCUT2D eigenvalue weighted by Gasteiger charge is 2.49. The van der Waals surface area contributed by atoms with Crippen LogP contribution >= 0.6 is 0 Å². The highest BCUT2D eigenvalue weighted by atomic mass is 16.5. The molecule has 0 unspecified atom stereocenters. The zero-order valence-electron chi connectivity index (χ0n) is 15.5. The Labute approximate surface area is 151 Å². The fourth-order valence-electron chi connectivity index (χ4n) is 4.10. The lowest BCUT2D eigenvalue weighted by Gasteiger charge is -2.37. The van der Waals surface area contributed by atoms with Crippen molar-refractivity contribution in [1.82, 2.24) is 15.5 Å². The number of amides is 1. The standard InChI is InChI=1S/C20H31N3O2/c1-23(2)11-12-25-18-8-6-16(7-9-18)13-22-19(24)20-10-4-3-5-17(20)14-21-15-20/h6-9,17,21H,3-5,10-15H2,1-2H3,(H,22,24)/t17-,20+/m0/s1. The number of hydrogen-bond acceptors (Lipinski definition) is 4. The summed E-state index contributed by atoms with van der Waals surface area (Å²) < 4.78 is 5.71. The lowest BCUT2D eigenvalue weighted by atomic mass is 9.67. The van der Waals surface area contributed by atoms with Crippen molar-refractivity contribution in [2.24, 2.45) is 11.3 Å². The molecule has 1 aromatic carbocycles. The summed E-state index contributed by atoms with van der Waals surface area (Å²) in [5.41, 5.74) is 0.941. The lowest BCUT2D eigenvalue weighted by molar-refractivity contribution is -0.134. The van der Waals surface area contributed by atoms with E-state index in [0.717, 1.165) is 37.4 Å². The van der Waals surface area contributed by atoms with E-state index in [1.165, 1.54) is 19.3 Å². The van der Waals surface area contributed by atoms with Crippen molar-refractivity contribution in [3.63, 3.8) is 0 Å². The number of nitrogens with zero attached hydrogens (tertiary/aromatic N) is 1. The molecular weight excluding hydrogens is 314 g/mol. The molecule has 0 spiro atoms. The van der Waals surface area contributed by atoms with Crippen molar-refractivity contribution in [3.05, 3.63) is 29.8 Å². The highest BCUT2D eigenvalue weighted by Crippen LogP contribution is 2.43. The van der Waals surface area contributed by atoms with Crippen LogP contribution in [0.1, 0.15) is 31.2 Å². The summed E-state index contributed by atoms with van der Waals surface area (Å²) in [6, 6.07) is 8.04. The molecule has 1 aliphatic carbocycles. The molecule has 0 aromatic heterocycles. The average Bonchev–Trinajstić information content (AvgIpc) is 3.06. The van der Waals surface area contributed by atoms with Crippen LogP contribution in [0, 0.1) is 11.3 Å². The molecular formula is C20H31N3O2. The Balaban J connectivity index is 1.50. The molecule has 1 aromatic rings. The smallest absolute Gasteiger partial charge is 0.228 e. The van der Waals surface area contributed by atoms with E-state index in [2.05, 4.69) is 15.5 Å². The minimum absolute atomic E-state index is 0.173. The zero-order chi connectivity index (χ0) is 17.7. The fraction of sp³-hybridized carbons (Fsp3) is 0.650. The van der Waals surface area contributed by atoms with Gasteiger partial charge in [-0.15, -0.1) is 0 Å². The Morgan fingerprint density at radius 1 is 1.32 bits per heavy atom. The molecule has 138 valence electrons. The predicted octanol–water partition coefficient (Wildman–Crippen LogP) is 2.02. The van der Waals surface area contributed by atoms with Crippen LogP contribution in [-0.4, -0.2) is 51.1 Å². The number of benzene rings is 1. The second-order valence-electron chi connectivity index (χ2n) is 7.71. The summed E-state index contributed by atoms with van der Waals surface area (Å²) in [6.07, 6.45) is 4.63. The van der Waals surface area contributed by atoms with Crippen LogP contribution in [0.5, 0.6) is 5.75 Å². The number of ether oxygens (including phenoxy) is 1. The number of hydrogen-bond donors (Lipinski definition) is 2. The lowest BCUT2D eigenvalue weighted by Crippen LogP contribution is -2.47. The number of likely N-dealkylation sites (N-methyl/N-ethyl adjacent to an activating group) is 1. The molecule has 1 amide bonds. The maximum Gasteiger partial charge on any atom is 0.228 e. The number of rotatable bonds is 7. The van der Waals surface area contributed by atoms with E-state index in [1.54, 1.807) is 0 Å². The van der Waals surface area contributed by atoms with Crippen molar-refractivity contribution in [1.29, 1.82) is 0 Å². The summed E-state index contributed by atoms with van der Waals surface area (Å²) in [6.45, 7) is 3.99. The second-order valence-corrected chi connectivity index (χ2v) is 7.71. The summed E-state index contributed by atoms with van der Waals surface area (Å²) in [7, 11) is 4.07. The first-order valence-electron chi connectivity index (χ1n) is 9.46. The van der Waals surface area contributed by atoms with Gasteiger partial charge in [-0.1, -0.05) is 25.0 Å². The van der Waals surface area contributed by atoms with Gasteiger partial charge in [0.25, 0.3) is 0 Å². The van der Waals surface area contributed by atoms with Gasteiger partial charge in [0.2, 0.25) is 5.91 Å². The van der Waals surface area contributed by atoms with E-state index in [9.17, 15) is 4.79 Å². The van der Waals surface area contributed by atoms with Gasteiger partial charge in [-0.3, -0.25) is 4.79 Å². The Morgan fingerprint density at radius 2 is 2.12 bits per heavy atom. The second kappa shape index (κ2) is 8.19. The normalized spacial score (nSPS) is 25.6. The van der Waals surface area contributed by atoms with Gasteiger partial charge in [-0.2, -0.15) is 0 Å². The molecule has 2 aliphatic rings. The molecule has 3 rings (SSSR count). The van der Waals surface area contributed by atoms with E-state index < -0.39 is 0 Å². The molecule has 25 heavy (non-hydrogen) atoms. The quantitative estimate of drug-likeness (QED) is 0.794. The van der Waals surface area contributed by atoms with Gasteiger partial charge < -0.3 is 20.3 Å². The maximum atomic E-state index is 12.9. The Kier molecular flexibility index (Phi) is 5.97. The zero-order valence-corrected chi connectivity index (χ0v) is 15.5. The molecule has 0 bridgehead atoms. The van der Waals surface area contributed by atoms with Crippen LogP contribution in [0.4, 0.5) is 0 Å². The monoisotopic (exact) mass is 345 g/mol. The van der Waals surface area contributed by atoms with Crippen LogP contribution in [0.15, 0.2) is 24.3 Å². The van der Waals surface area contributed by atoms with Gasteiger partial charge in [0.05, 0.1) is 5.41 Å². The third kappa shape index (κ3) is 4.33. The van der Waals surface area contributed by atoms with E-state index in [0.29, 0.717) is 19.1 Å². The summed E-state index contributed by atoms with van der Waals surface area (Å²) in [5.74, 6) is 1.62. The Hall–Kier alpha value is -1.59. The summed E-state index contributed by atoms with van der Waals surface area (Å²) in [4.78, 5) is 15.0. The fourth-order valence-corrected chi connectivity index (χ4v) is 4.10. The highest BCUT2D eigenvalue weighted by molar-refractivity contribution is 5.83. The number of fused-ring (bicyclic) bond motifs is 1. The molecule has 5 heteroatoms. The van der Waals surface area contributed by atoms with Gasteiger partial charge in [0.1, 0.15) is 12.4 Å². The van der Waals surface area contributed by atoms with E-state index >= 15 is 0 Å². The Morgan fingerprint density at radius 3 is 2.88 bits per heavy atom. The van der Waals surface area contributed by atoms with Crippen LogP contribution in [0.25, 0.3) is 0 Å². The minimum atomic E-state index is -0.173. The molecule has 1 saturated heterocycles. The van der Waals surface area contributed by atoms with Crippen LogP contribution < -0.4 is 15.4 Å². The van der Waals surface area contributed by atoms with Gasteiger partial charge >= 0.3 is 0 Å². The van der Waals surface area contributed by atoms with Gasteiger partial charge in [-0.25, -0.2) is 0 Å². The molecule has 2 atom stereocenters. The summed E-state index contributed by atoms with van der Waals surface area (Å²) >= 11 is 0. The van der Waals surface area contributed by atoms with Crippen LogP contribution in [-0.2, 0) is 11.3 Å². The Bertz CT molecular complexity index is 573. The van der Waals surface area contributed by atoms with E-state index in [1.807, 2.05) is 38.4 Å². The summed E-state index contributed by atoms with van der Waals surface area (Å²) in [5, 5.41) is 6.62. The largest absolute Gasteiger partial charge is 0.492 e. The average molecular weight is 345 g/mol. The van der Waals surface area contributed by atoms with E-state index in [4.69, 9.17) is 4.74 Å². The number of nitrogens with one attached hydrogen (secondary N) is 2. The SMILES string of the molecule is CN(C)CCOc1ccc(CNC(=O)[C@@]23CCCC[C@H]2CNC3)cc1. The molecule has 2 N–H and O–H groups in total. The van der Waals surface area contributed by atoms with Crippen molar-refractivity contribution >= 4 is 5.91 Å². The maximum absolute atomic E-state index is 12.9. The van der Waals surface area contributed by atoms with E-state index in [-0.39, 0.29) is 11.3 Å². The van der Waals surface area contributed by atoms with Crippen LogP contribution in [0.2, 0.25) is 0 Å². The van der Waals surface area contributed by atoms with Gasteiger partial charge in [0.15, 0.2) is 0 Å². The third-order valence-electron chi connectivity index (χ3n) is 5.67. The van der Waals surface area contributed by atoms with Crippen LogP contribution in [0.3, 0.4) is 0 Å². The predicted molar refractivity (Wildman–Crippen MR) is 99.6 cm³/mol. The first kappa shape index (κ1) is 18.2. The number of carbonyl (C=O) groups is 1. The molecule has 2 fully saturated rings. The minimum Gasteiger partial charge on any atom is -0.492 e. The molecule has 1 saturated carbocycles. The molecule has 5 nitrogen and oxygen atoms in total. The topological polar surface area (TPSA) is 53.6 Å². The van der Waals surface area contributed by atoms with Crippen molar-refractivity contribution in [3.8, 4) is 5.75 Å². The molecule has 0 radical (unpaired) electrons. The van der Waals surface area contributed by atoms with Gasteiger partial charge in [0, 0.05) is 19.6 Å². The van der Waals surface area contributed by atoms with Crippen molar-refractivity contribution in [2.75, 3.05) is 40.3 Å².